The highest BCUT2D eigenvalue weighted by molar-refractivity contribution is 5.71. The molecule has 0 aliphatic carbocycles. The van der Waals surface area contributed by atoms with Gasteiger partial charge in [-0.2, -0.15) is 0 Å². The van der Waals surface area contributed by atoms with Crippen molar-refractivity contribution in [1.82, 2.24) is 10.2 Å². The SMILES string of the molecule is C=CCOc1cc(C23CCC(CNC2)N3C(=O)OC(C)(C)C)cc(F)c1C=C. The van der Waals surface area contributed by atoms with Crippen molar-refractivity contribution in [3.63, 3.8) is 0 Å². The van der Waals surface area contributed by atoms with E-state index in [0.717, 1.165) is 12.8 Å². The lowest BCUT2D eigenvalue weighted by Crippen LogP contribution is -2.61. The number of nitrogens with one attached hydrogen (secondary N) is 1. The quantitative estimate of drug-likeness (QED) is 0.767. The molecule has 2 saturated heterocycles. The summed E-state index contributed by atoms with van der Waals surface area (Å²) in [6, 6.07) is 3.32. The summed E-state index contributed by atoms with van der Waals surface area (Å²) in [6.07, 6.45) is 4.25. The maximum Gasteiger partial charge on any atom is 0.411 e. The van der Waals surface area contributed by atoms with Crippen LogP contribution in [0.25, 0.3) is 6.08 Å². The molecule has 2 heterocycles. The van der Waals surface area contributed by atoms with Gasteiger partial charge in [0.05, 0.1) is 11.1 Å². The molecule has 1 aromatic rings. The number of carbonyl (C=O) groups is 1. The van der Waals surface area contributed by atoms with Crippen molar-refractivity contribution >= 4 is 12.2 Å². The molecule has 1 aromatic carbocycles. The van der Waals surface area contributed by atoms with Crippen LogP contribution in [0.2, 0.25) is 0 Å². The number of ether oxygens (including phenoxy) is 2. The van der Waals surface area contributed by atoms with Crippen molar-refractivity contribution in [1.29, 1.82) is 0 Å². The van der Waals surface area contributed by atoms with E-state index in [1.165, 1.54) is 12.1 Å². The van der Waals surface area contributed by atoms with Crippen molar-refractivity contribution in [2.75, 3.05) is 19.7 Å². The van der Waals surface area contributed by atoms with Crippen LogP contribution in [0.1, 0.15) is 44.7 Å². The highest BCUT2D eigenvalue weighted by Crippen LogP contribution is 2.46. The fourth-order valence-electron chi connectivity index (χ4n) is 4.16. The molecule has 2 aliphatic heterocycles. The standard InChI is InChI=1S/C22H29FN2O3/c1-6-10-27-19-12-15(11-18(23)17(19)7-2)22-9-8-16(13-24-14-22)25(22)20(26)28-21(3,4)5/h6-7,11-12,16,24H,1-2,8-10,13-14H2,3-5H3. The van der Waals surface area contributed by atoms with E-state index in [2.05, 4.69) is 18.5 Å². The Labute approximate surface area is 166 Å². The van der Waals surface area contributed by atoms with Crippen LogP contribution < -0.4 is 10.1 Å². The van der Waals surface area contributed by atoms with E-state index in [4.69, 9.17) is 9.47 Å². The summed E-state index contributed by atoms with van der Waals surface area (Å²) in [7, 11) is 0. The monoisotopic (exact) mass is 388 g/mol. The predicted octanol–water partition coefficient (Wildman–Crippen LogP) is 4.23. The third kappa shape index (κ3) is 3.65. The van der Waals surface area contributed by atoms with Gasteiger partial charge in [-0.25, -0.2) is 9.18 Å². The van der Waals surface area contributed by atoms with Gasteiger partial charge in [0.1, 0.15) is 23.8 Å². The molecular weight excluding hydrogens is 359 g/mol. The molecule has 2 aliphatic rings. The molecule has 0 aromatic heterocycles. The van der Waals surface area contributed by atoms with Gasteiger partial charge < -0.3 is 14.8 Å². The lowest BCUT2D eigenvalue weighted by Gasteiger charge is -2.45. The number of nitrogens with zero attached hydrogens (tertiary/aromatic N) is 1. The molecule has 2 atom stereocenters. The van der Waals surface area contributed by atoms with Gasteiger partial charge in [0, 0.05) is 19.1 Å². The van der Waals surface area contributed by atoms with E-state index in [-0.39, 0.29) is 18.7 Å². The molecule has 2 unspecified atom stereocenters. The second kappa shape index (κ2) is 7.59. The fraction of sp³-hybridized carbons (Fsp3) is 0.500. The van der Waals surface area contributed by atoms with E-state index in [0.29, 0.717) is 30.0 Å². The van der Waals surface area contributed by atoms with Crippen LogP contribution in [0.5, 0.6) is 5.75 Å². The first-order chi connectivity index (χ1) is 13.2. The number of amides is 1. The Kier molecular flexibility index (Phi) is 5.53. The van der Waals surface area contributed by atoms with E-state index in [1.54, 1.807) is 11.0 Å². The molecule has 0 radical (unpaired) electrons. The Hall–Kier alpha value is -2.34. The molecule has 5 nitrogen and oxygen atoms in total. The van der Waals surface area contributed by atoms with Crippen molar-refractivity contribution < 1.29 is 18.7 Å². The highest BCUT2D eigenvalue weighted by Gasteiger charge is 2.53. The predicted molar refractivity (Wildman–Crippen MR) is 108 cm³/mol. The van der Waals surface area contributed by atoms with Crippen LogP contribution in [0.4, 0.5) is 9.18 Å². The van der Waals surface area contributed by atoms with Crippen molar-refractivity contribution in [2.24, 2.45) is 0 Å². The average Bonchev–Trinajstić information content (AvgIpc) is 2.85. The summed E-state index contributed by atoms with van der Waals surface area (Å²) in [5, 5.41) is 3.40. The van der Waals surface area contributed by atoms with E-state index in [9.17, 15) is 9.18 Å². The summed E-state index contributed by atoms with van der Waals surface area (Å²) in [4.78, 5) is 14.8. The number of hydrogen-bond donors (Lipinski definition) is 1. The molecule has 1 amide bonds. The molecule has 0 saturated carbocycles. The van der Waals surface area contributed by atoms with Gasteiger partial charge >= 0.3 is 6.09 Å². The Morgan fingerprint density at radius 3 is 2.82 bits per heavy atom. The Balaban J connectivity index is 2.06. The summed E-state index contributed by atoms with van der Waals surface area (Å²) in [5.41, 5.74) is -0.254. The van der Waals surface area contributed by atoms with Crippen LogP contribution >= 0.6 is 0 Å². The van der Waals surface area contributed by atoms with Gasteiger partial charge in [-0.15, -0.1) is 0 Å². The first-order valence-electron chi connectivity index (χ1n) is 9.65. The summed E-state index contributed by atoms with van der Waals surface area (Å²) in [6.45, 7) is 14.4. The topological polar surface area (TPSA) is 50.8 Å². The molecule has 152 valence electrons. The third-order valence-electron chi connectivity index (χ3n) is 5.29. The zero-order valence-corrected chi connectivity index (χ0v) is 16.9. The van der Waals surface area contributed by atoms with E-state index < -0.39 is 17.0 Å². The second-order valence-electron chi connectivity index (χ2n) is 8.38. The third-order valence-corrected chi connectivity index (χ3v) is 5.29. The van der Waals surface area contributed by atoms with Gasteiger partial charge in [-0.05, 0) is 51.3 Å². The zero-order chi connectivity index (χ0) is 20.5. The molecule has 1 N–H and O–H groups in total. The Morgan fingerprint density at radius 1 is 1.43 bits per heavy atom. The summed E-state index contributed by atoms with van der Waals surface area (Å²) in [5.74, 6) is -0.0171. The normalized spacial score (nSPS) is 24.0. The van der Waals surface area contributed by atoms with E-state index >= 15 is 0 Å². The number of piperazine rings is 1. The van der Waals surface area contributed by atoms with Gasteiger partial charge in [-0.3, -0.25) is 4.90 Å². The first kappa shape index (κ1) is 20.4. The average molecular weight is 388 g/mol. The summed E-state index contributed by atoms with van der Waals surface area (Å²) >= 11 is 0. The Bertz CT molecular complexity index is 783. The molecule has 2 bridgehead atoms. The lowest BCUT2D eigenvalue weighted by molar-refractivity contribution is -0.0116. The highest BCUT2D eigenvalue weighted by atomic mass is 19.1. The second-order valence-corrected chi connectivity index (χ2v) is 8.38. The van der Waals surface area contributed by atoms with Crippen LogP contribution in [0.3, 0.4) is 0 Å². The number of halogens is 1. The van der Waals surface area contributed by atoms with Gasteiger partial charge in [0.25, 0.3) is 0 Å². The molecule has 2 fully saturated rings. The minimum absolute atomic E-state index is 0.0169. The molecular formula is C22H29FN2O3. The number of hydrogen-bond acceptors (Lipinski definition) is 4. The van der Waals surface area contributed by atoms with Gasteiger partial charge in [-0.1, -0.05) is 25.3 Å². The largest absolute Gasteiger partial charge is 0.489 e. The summed E-state index contributed by atoms with van der Waals surface area (Å²) < 4.78 is 26.2. The molecule has 6 heteroatoms. The Morgan fingerprint density at radius 2 is 2.18 bits per heavy atom. The smallest absolute Gasteiger partial charge is 0.411 e. The minimum Gasteiger partial charge on any atom is -0.489 e. The van der Waals surface area contributed by atoms with Gasteiger partial charge in [0.15, 0.2) is 0 Å². The van der Waals surface area contributed by atoms with Gasteiger partial charge in [0.2, 0.25) is 0 Å². The number of rotatable bonds is 5. The number of fused-ring (bicyclic) bond motifs is 2. The minimum atomic E-state index is -0.669. The number of benzene rings is 1. The fourth-order valence-corrected chi connectivity index (χ4v) is 4.16. The van der Waals surface area contributed by atoms with Crippen molar-refractivity contribution in [3.8, 4) is 5.75 Å². The maximum atomic E-state index is 14.9. The lowest BCUT2D eigenvalue weighted by atomic mass is 9.85. The zero-order valence-electron chi connectivity index (χ0n) is 16.9. The molecule has 3 rings (SSSR count). The van der Waals surface area contributed by atoms with E-state index in [1.807, 2.05) is 26.8 Å². The van der Waals surface area contributed by atoms with Crippen molar-refractivity contribution in [3.05, 3.63) is 48.3 Å². The number of carbonyl (C=O) groups excluding carboxylic acids is 1. The van der Waals surface area contributed by atoms with Crippen LogP contribution in [-0.2, 0) is 10.3 Å². The van der Waals surface area contributed by atoms with Crippen molar-refractivity contribution in [2.45, 2.75) is 50.8 Å². The molecule has 0 spiro atoms. The van der Waals surface area contributed by atoms with Crippen LogP contribution in [-0.4, -0.2) is 42.3 Å². The molecule has 28 heavy (non-hydrogen) atoms. The van der Waals surface area contributed by atoms with Crippen LogP contribution in [0, 0.1) is 5.82 Å². The maximum absolute atomic E-state index is 14.9. The first-order valence-corrected chi connectivity index (χ1v) is 9.65. The van der Waals surface area contributed by atoms with Crippen LogP contribution in [0.15, 0.2) is 31.4 Å².